The molecule has 3 heterocycles. The Morgan fingerprint density at radius 3 is 2.70 bits per heavy atom. The van der Waals surface area contributed by atoms with Crippen molar-refractivity contribution in [3.8, 4) is 0 Å². The van der Waals surface area contributed by atoms with Gasteiger partial charge >= 0.3 is 5.97 Å². The number of nitrogens with one attached hydrogen (secondary N) is 1. The summed E-state index contributed by atoms with van der Waals surface area (Å²) in [6.07, 6.45) is 3.34. The van der Waals surface area contributed by atoms with Crippen LogP contribution in [0.25, 0.3) is 0 Å². The van der Waals surface area contributed by atoms with E-state index in [9.17, 15) is 19.5 Å². The maximum absolute atomic E-state index is 12.8. The molecular formula is C21H17Cl2N3O4S3. The number of hydrogen-bond acceptors (Lipinski definition) is 7. The maximum atomic E-state index is 12.8. The third kappa shape index (κ3) is 5.46. The van der Waals surface area contributed by atoms with Crippen molar-refractivity contribution in [2.45, 2.75) is 21.2 Å². The van der Waals surface area contributed by atoms with Gasteiger partial charge in [-0.05, 0) is 35.9 Å². The van der Waals surface area contributed by atoms with Crippen LogP contribution in [0.4, 0.5) is 0 Å². The number of aromatic nitrogens is 1. The van der Waals surface area contributed by atoms with Crippen molar-refractivity contribution < 1.29 is 19.5 Å². The average Bonchev–Trinajstić information content (AvgIpc) is 2.81. The summed E-state index contributed by atoms with van der Waals surface area (Å²) in [5.41, 5.74) is 0.686. The van der Waals surface area contributed by atoms with E-state index in [4.69, 9.17) is 23.2 Å². The second-order valence-electron chi connectivity index (χ2n) is 7.05. The number of carboxylic acids is 1. The molecule has 1 saturated heterocycles. The minimum Gasteiger partial charge on any atom is -0.477 e. The molecule has 172 valence electrons. The Morgan fingerprint density at radius 2 is 1.97 bits per heavy atom. The molecule has 2 amide bonds. The van der Waals surface area contributed by atoms with Crippen molar-refractivity contribution in [1.82, 2.24) is 15.2 Å². The number of pyridine rings is 1. The number of carbonyl (C=O) groups is 3. The molecule has 1 fully saturated rings. The molecule has 33 heavy (non-hydrogen) atoms. The highest BCUT2D eigenvalue weighted by Gasteiger charge is 2.54. The first-order chi connectivity index (χ1) is 15.8. The Morgan fingerprint density at radius 1 is 1.21 bits per heavy atom. The lowest BCUT2D eigenvalue weighted by atomic mass is 10.0. The van der Waals surface area contributed by atoms with Gasteiger partial charge in [-0.25, -0.2) is 4.79 Å². The topological polar surface area (TPSA) is 99.6 Å². The number of rotatable bonds is 8. The lowest BCUT2D eigenvalue weighted by Gasteiger charge is -2.49. The summed E-state index contributed by atoms with van der Waals surface area (Å²) >= 11 is 16.2. The number of carbonyl (C=O) groups excluding carboxylic acids is 2. The van der Waals surface area contributed by atoms with Crippen LogP contribution in [-0.2, 0) is 14.4 Å². The van der Waals surface area contributed by atoms with Crippen LogP contribution in [-0.4, -0.2) is 61.4 Å². The third-order valence-electron chi connectivity index (χ3n) is 4.88. The fourth-order valence-corrected chi connectivity index (χ4v) is 7.02. The number of nitrogens with zero attached hydrogens (tertiary/aromatic N) is 2. The van der Waals surface area contributed by atoms with Gasteiger partial charge in [0.25, 0.3) is 5.91 Å². The normalized spacial score (nSPS) is 19.7. The molecule has 0 unspecified atom stereocenters. The van der Waals surface area contributed by atoms with Gasteiger partial charge in [-0.15, -0.1) is 35.3 Å². The van der Waals surface area contributed by atoms with Crippen LogP contribution in [0.5, 0.6) is 0 Å². The largest absolute Gasteiger partial charge is 0.477 e. The number of hydrogen-bond donors (Lipinski definition) is 2. The molecule has 2 aliphatic rings. The van der Waals surface area contributed by atoms with Gasteiger partial charge in [0.2, 0.25) is 5.91 Å². The SMILES string of the molecule is O=C(CSc1cc(Cl)ccc1Cl)N[C@H]1C(=O)N2C(C(=O)O)=C(CSc3ccncc3)CS[C@@H]12. The molecule has 4 rings (SSSR count). The third-order valence-corrected chi connectivity index (χ3v) is 9.05. The van der Waals surface area contributed by atoms with E-state index in [1.807, 2.05) is 12.1 Å². The predicted molar refractivity (Wildman–Crippen MR) is 132 cm³/mol. The number of β-lactam (4-membered cyclic amide) rings is 1. The lowest BCUT2D eigenvalue weighted by molar-refractivity contribution is -0.150. The van der Waals surface area contributed by atoms with E-state index in [0.717, 1.165) is 4.90 Å². The first-order valence-electron chi connectivity index (χ1n) is 9.65. The van der Waals surface area contributed by atoms with Gasteiger partial charge < -0.3 is 10.4 Å². The second-order valence-corrected chi connectivity index (χ2v) is 11.1. The van der Waals surface area contributed by atoms with Gasteiger partial charge in [-0.3, -0.25) is 19.5 Å². The molecule has 0 saturated carbocycles. The average molecular weight is 542 g/mol. The van der Waals surface area contributed by atoms with E-state index in [2.05, 4.69) is 10.3 Å². The maximum Gasteiger partial charge on any atom is 0.352 e. The molecule has 7 nitrogen and oxygen atoms in total. The highest BCUT2D eigenvalue weighted by molar-refractivity contribution is 8.01. The second kappa shape index (κ2) is 10.6. The van der Waals surface area contributed by atoms with Gasteiger partial charge in [0.1, 0.15) is 17.1 Å². The fraction of sp³-hybridized carbons (Fsp3) is 0.238. The van der Waals surface area contributed by atoms with E-state index in [1.165, 1.54) is 40.2 Å². The van der Waals surface area contributed by atoms with Crippen molar-refractivity contribution in [3.05, 3.63) is 64.0 Å². The number of carboxylic acid groups (broad SMARTS) is 1. The Kier molecular flexibility index (Phi) is 7.80. The van der Waals surface area contributed by atoms with E-state index in [1.54, 1.807) is 30.6 Å². The van der Waals surface area contributed by atoms with E-state index < -0.39 is 23.3 Å². The standard InChI is InChI=1S/C21H17Cl2N3O4S3/c22-12-1-2-14(23)15(7-12)32-10-16(27)25-17-19(28)26-18(21(29)30)11(9-33-20(17)26)8-31-13-3-5-24-6-4-13/h1-7,17,20H,8-10H2,(H,25,27)(H,29,30)/t17-,20-/m0/s1. The van der Waals surface area contributed by atoms with Crippen molar-refractivity contribution in [2.24, 2.45) is 0 Å². The molecule has 0 radical (unpaired) electrons. The van der Waals surface area contributed by atoms with Crippen molar-refractivity contribution in [2.75, 3.05) is 17.3 Å². The zero-order chi connectivity index (χ0) is 23.5. The van der Waals surface area contributed by atoms with Crippen LogP contribution in [0.3, 0.4) is 0 Å². The minimum absolute atomic E-state index is 0.0101. The monoisotopic (exact) mass is 541 g/mol. The lowest BCUT2D eigenvalue weighted by Crippen LogP contribution is -2.70. The molecule has 12 heteroatoms. The van der Waals surface area contributed by atoms with Crippen LogP contribution >= 0.6 is 58.5 Å². The highest BCUT2D eigenvalue weighted by Crippen LogP contribution is 2.41. The van der Waals surface area contributed by atoms with Crippen molar-refractivity contribution in [3.63, 3.8) is 0 Å². The van der Waals surface area contributed by atoms with Gasteiger partial charge in [-0.1, -0.05) is 23.2 Å². The number of fused-ring (bicyclic) bond motifs is 1. The molecule has 2 aliphatic heterocycles. The number of halogens is 2. The molecule has 0 aliphatic carbocycles. The molecule has 0 bridgehead atoms. The van der Waals surface area contributed by atoms with E-state index in [-0.39, 0.29) is 17.4 Å². The number of thioether (sulfide) groups is 3. The minimum atomic E-state index is -1.14. The Hall–Kier alpha value is -1.85. The van der Waals surface area contributed by atoms with Crippen LogP contribution in [0, 0.1) is 0 Å². The molecule has 2 atom stereocenters. The predicted octanol–water partition coefficient (Wildman–Crippen LogP) is 4.01. The van der Waals surface area contributed by atoms with Crippen molar-refractivity contribution >= 4 is 76.3 Å². The summed E-state index contributed by atoms with van der Waals surface area (Å²) in [4.78, 5) is 44.1. The molecule has 2 N–H and O–H groups in total. The zero-order valence-corrected chi connectivity index (χ0v) is 20.8. The van der Waals surface area contributed by atoms with Crippen LogP contribution in [0.2, 0.25) is 10.0 Å². The molecule has 1 aromatic carbocycles. The molecule has 1 aromatic heterocycles. The summed E-state index contributed by atoms with van der Waals surface area (Å²) in [5.74, 6) is -0.938. The first kappa shape index (κ1) is 24.3. The molecular weight excluding hydrogens is 525 g/mol. The van der Waals surface area contributed by atoms with Gasteiger partial charge in [0.05, 0.1) is 10.8 Å². The van der Waals surface area contributed by atoms with Crippen LogP contribution < -0.4 is 5.32 Å². The summed E-state index contributed by atoms with van der Waals surface area (Å²) in [6.45, 7) is 0. The Balaban J connectivity index is 1.38. The van der Waals surface area contributed by atoms with Crippen molar-refractivity contribution in [1.29, 1.82) is 0 Å². The fourth-order valence-electron chi connectivity index (χ4n) is 3.35. The smallest absolute Gasteiger partial charge is 0.352 e. The Bertz CT molecular complexity index is 1130. The zero-order valence-electron chi connectivity index (χ0n) is 16.9. The van der Waals surface area contributed by atoms with Gasteiger partial charge in [0, 0.05) is 38.7 Å². The number of benzene rings is 1. The first-order valence-corrected chi connectivity index (χ1v) is 13.4. The number of amides is 2. The summed E-state index contributed by atoms with van der Waals surface area (Å²) in [7, 11) is 0. The Labute approximate surface area is 212 Å². The summed E-state index contributed by atoms with van der Waals surface area (Å²) in [5, 5.41) is 13.1. The van der Waals surface area contributed by atoms with Crippen LogP contribution in [0.1, 0.15) is 0 Å². The van der Waals surface area contributed by atoms with Gasteiger partial charge in [0.15, 0.2) is 0 Å². The summed E-state index contributed by atoms with van der Waals surface area (Å²) in [6, 6.07) is 7.92. The van der Waals surface area contributed by atoms with Crippen LogP contribution in [0.15, 0.2) is 63.8 Å². The quantitative estimate of drug-likeness (QED) is 0.382. The molecule has 2 aromatic rings. The highest BCUT2D eigenvalue weighted by atomic mass is 35.5. The van der Waals surface area contributed by atoms with E-state index in [0.29, 0.717) is 32.0 Å². The summed E-state index contributed by atoms with van der Waals surface area (Å²) < 4.78 is 0. The molecule has 0 spiro atoms. The number of aliphatic carboxylic acids is 1. The van der Waals surface area contributed by atoms with Gasteiger partial charge in [-0.2, -0.15) is 0 Å². The van der Waals surface area contributed by atoms with E-state index >= 15 is 0 Å².